The van der Waals surface area contributed by atoms with Crippen LogP contribution in [0.25, 0.3) is 10.8 Å². The highest BCUT2D eigenvalue weighted by atomic mass is 16.5. The van der Waals surface area contributed by atoms with Gasteiger partial charge in [-0.1, -0.05) is 18.2 Å². The molecule has 0 bridgehead atoms. The van der Waals surface area contributed by atoms with Crippen LogP contribution in [0, 0.1) is 0 Å². The summed E-state index contributed by atoms with van der Waals surface area (Å²) in [5.74, 6) is 0.473. The molecule has 0 aliphatic carbocycles. The first kappa shape index (κ1) is 12.5. The van der Waals surface area contributed by atoms with Gasteiger partial charge < -0.3 is 10.5 Å². The maximum atomic E-state index is 6.30. The van der Waals surface area contributed by atoms with E-state index in [1.165, 1.54) is 0 Å². The number of hydrogen-bond acceptors (Lipinski definition) is 5. The number of rotatable bonds is 3. The van der Waals surface area contributed by atoms with Gasteiger partial charge in [0.1, 0.15) is 0 Å². The molecule has 0 radical (unpaired) electrons. The lowest BCUT2D eigenvalue weighted by Crippen LogP contribution is -2.14. The summed E-state index contributed by atoms with van der Waals surface area (Å²) in [5.41, 5.74) is 7.98. The lowest BCUT2D eigenvalue weighted by Gasteiger charge is -2.13. The molecular formula is C15H14N4O. The second-order valence-corrected chi connectivity index (χ2v) is 4.42. The van der Waals surface area contributed by atoms with Crippen molar-refractivity contribution in [2.24, 2.45) is 5.73 Å². The summed E-state index contributed by atoms with van der Waals surface area (Å²) in [7, 11) is 1.56. The molecule has 0 saturated carbocycles. The van der Waals surface area contributed by atoms with E-state index in [2.05, 4.69) is 15.2 Å². The molecule has 3 rings (SSSR count). The van der Waals surface area contributed by atoms with E-state index in [0.29, 0.717) is 11.6 Å². The van der Waals surface area contributed by atoms with Gasteiger partial charge in [0.2, 0.25) is 5.88 Å². The van der Waals surface area contributed by atoms with Gasteiger partial charge in [0.25, 0.3) is 0 Å². The minimum Gasteiger partial charge on any atom is -0.480 e. The Kier molecular flexibility index (Phi) is 3.26. The van der Waals surface area contributed by atoms with Crippen LogP contribution in [0.1, 0.15) is 17.3 Å². The molecule has 1 atom stereocenters. The number of nitrogens with two attached hydrogens (primary N) is 1. The second kappa shape index (κ2) is 5.22. The van der Waals surface area contributed by atoms with Gasteiger partial charge in [-0.3, -0.25) is 4.98 Å². The van der Waals surface area contributed by atoms with Crippen LogP contribution in [0.3, 0.4) is 0 Å². The summed E-state index contributed by atoms with van der Waals surface area (Å²) in [6.45, 7) is 0. The van der Waals surface area contributed by atoms with Crippen LogP contribution in [0.15, 0.2) is 48.8 Å². The summed E-state index contributed by atoms with van der Waals surface area (Å²) < 4.78 is 5.00. The number of ether oxygens (including phenoxy) is 1. The zero-order chi connectivity index (χ0) is 13.9. The first-order chi connectivity index (χ1) is 9.79. The number of aromatic nitrogens is 3. The quantitative estimate of drug-likeness (QED) is 0.785. The molecule has 5 heteroatoms. The number of methoxy groups -OCH3 is 1. The lowest BCUT2D eigenvalue weighted by molar-refractivity contribution is 0.390. The van der Waals surface area contributed by atoms with Crippen LogP contribution in [-0.2, 0) is 0 Å². The largest absolute Gasteiger partial charge is 0.480 e. The third kappa shape index (κ3) is 2.19. The van der Waals surface area contributed by atoms with E-state index in [4.69, 9.17) is 10.5 Å². The number of hydrogen-bond donors (Lipinski definition) is 1. The summed E-state index contributed by atoms with van der Waals surface area (Å²) >= 11 is 0. The highest BCUT2D eigenvalue weighted by Crippen LogP contribution is 2.25. The Balaban J connectivity index is 2.05. The molecule has 0 fully saturated rings. The highest BCUT2D eigenvalue weighted by Gasteiger charge is 2.14. The summed E-state index contributed by atoms with van der Waals surface area (Å²) in [6.07, 6.45) is 3.59. The van der Waals surface area contributed by atoms with E-state index >= 15 is 0 Å². The van der Waals surface area contributed by atoms with Crippen LogP contribution in [0.2, 0.25) is 0 Å². The van der Waals surface area contributed by atoms with Gasteiger partial charge in [-0.05, 0) is 23.1 Å². The van der Waals surface area contributed by atoms with Crippen LogP contribution in [-0.4, -0.2) is 22.3 Å². The fourth-order valence-corrected chi connectivity index (χ4v) is 2.17. The molecule has 2 heterocycles. The number of pyridine rings is 1. The second-order valence-electron chi connectivity index (χ2n) is 4.42. The smallest absolute Gasteiger partial charge is 0.233 e. The number of fused-ring (bicyclic) bond motifs is 1. The zero-order valence-electron chi connectivity index (χ0n) is 11.0. The molecule has 0 aliphatic heterocycles. The molecule has 1 aromatic carbocycles. The molecular weight excluding hydrogens is 252 g/mol. The van der Waals surface area contributed by atoms with Crippen LogP contribution in [0.5, 0.6) is 5.88 Å². The number of nitrogens with zero attached hydrogens (tertiary/aromatic N) is 3. The third-order valence-corrected chi connectivity index (χ3v) is 3.24. The summed E-state index contributed by atoms with van der Waals surface area (Å²) in [4.78, 5) is 4.17. The molecule has 2 aromatic heterocycles. The van der Waals surface area contributed by atoms with Crippen LogP contribution < -0.4 is 10.5 Å². The molecule has 0 amide bonds. The maximum absolute atomic E-state index is 6.30. The van der Waals surface area contributed by atoms with Crippen molar-refractivity contribution in [2.45, 2.75) is 6.04 Å². The van der Waals surface area contributed by atoms with Gasteiger partial charge in [0.05, 0.1) is 18.8 Å². The molecule has 20 heavy (non-hydrogen) atoms. The minimum atomic E-state index is -0.346. The Morgan fingerprint density at radius 2 is 2.00 bits per heavy atom. The Hall–Kier alpha value is -2.53. The van der Waals surface area contributed by atoms with Crippen molar-refractivity contribution >= 4 is 10.8 Å². The topological polar surface area (TPSA) is 73.9 Å². The molecule has 3 aromatic rings. The Morgan fingerprint density at radius 1 is 1.10 bits per heavy atom. The minimum absolute atomic E-state index is 0.346. The lowest BCUT2D eigenvalue weighted by atomic mass is 9.98. The van der Waals surface area contributed by atoms with Gasteiger partial charge in [0.15, 0.2) is 0 Å². The SMILES string of the molecule is COc1ccc(C(N)c2cccc3ccncc23)nn1. The van der Waals surface area contributed by atoms with E-state index in [1.807, 2.05) is 36.5 Å². The average molecular weight is 266 g/mol. The predicted octanol–water partition coefficient (Wildman–Crippen LogP) is 2.08. The molecule has 0 aliphatic rings. The Labute approximate surface area is 116 Å². The van der Waals surface area contributed by atoms with Gasteiger partial charge in [0, 0.05) is 23.8 Å². The molecule has 100 valence electrons. The van der Waals surface area contributed by atoms with Crippen molar-refractivity contribution in [3.8, 4) is 5.88 Å². The molecule has 0 saturated heterocycles. The fraction of sp³-hybridized carbons (Fsp3) is 0.133. The van der Waals surface area contributed by atoms with Crippen molar-refractivity contribution in [1.82, 2.24) is 15.2 Å². The van der Waals surface area contributed by atoms with Crippen molar-refractivity contribution < 1.29 is 4.74 Å². The molecule has 2 N–H and O–H groups in total. The van der Waals surface area contributed by atoms with Crippen LogP contribution in [0.4, 0.5) is 0 Å². The fourth-order valence-electron chi connectivity index (χ4n) is 2.17. The highest BCUT2D eigenvalue weighted by molar-refractivity contribution is 5.85. The van der Waals surface area contributed by atoms with E-state index in [9.17, 15) is 0 Å². The first-order valence-electron chi connectivity index (χ1n) is 6.25. The van der Waals surface area contributed by atoms with Crippen molar-refractivity contribution in [3.05, 3.63) is 60.0 Å². The Morgan fingerprint density at radius 3 is 2.75 bits per heavy atom. The van der Waals surface area contributed by atoms with Crippen molar-refractivity contribution in [1.29, 1.82) is 0 Å². The van der Waals surface area contributed by atoms with Crippen molar-refractivity contribution in [3.63, 3.8) is 0 Å². The van der Waals surface area contributed by atoms with E-state index in [-0.39, 0.29) is 6.04 Å². The predicted molar refractivity (Wildman–Crippen MR) is 76.4 cm³/mol. The van der Waals surface area contributed by atoms with Gasteiger partial charge >= 0.3 is 0 Å². The van der Waals surface area contributed by atoms with Crippen molar-refractivity contribution in [2.75, 3.05) is 7.11 Å². The maximum Gasteiger partial charge on any atom is 0.233 e. The third-order valence-electron chi connectivity index (χ3n) is 3.24. The van der Waals surface area contributed by atoms with Gasteiger partial charge in [-0.2, -0.15) is 0 Å². The van der Waals surface area contributed by atoms with Gasteiger partial charge in [-0.25, -0.2) is 0 Å². The summed E-state index contributed by atoms with van der Waals surface area (Å²) in [6, 6.07) is 11.2. The number of benzene rings is 1. The van der Waals surface area contributed by atoms with E-state index in [0.717, 1.165) is 16.3 Å². The molecule has 5 nitrogen and oxygen atoms in total. The molecule has 0 spiro atoms. The van der Waals surface area contributed by atoms with E-state index in [1.54, 1.807) is 19.4 Å². The monoisotopic (exact) mass is 266 g/mol. The van der Waals surface area contributed by atoms with Crippen LogP contribution >= 0.6 is 0 Å². The van der Waals surface area contributed by atoms with Gasteiger partial charge in [-0.15, -0.1) is 10.2 Å². The first-order valence-corrected chi connectivity index (χ1v) is 6.25. The Bertz CT molecular complexity index is 722. The molecule has 1 unspecified atom stereocenters. The van der Waals surface area contributed by atoms with E-state index < -0.39 is 0 Å². The normalized spacial score (nSPS) is 12.3. The summed E-state index contributed by atoms with van der Waals surface area (Å²) in [5, 5.41) is 10.2. The standard InChI is InChI=1S/C15H14N4O/c1-20-14-6-5-13(18-19-14)15(16)11-4-2-3-10-7-8-17-9-12(10)11/h2-9,15H,16H2,1H3. The zero-order valence-corrected chi connectivity index (χ0v) is 11.0. The average Bonchev–Trinajstić information content (AvgIpc) is 2.54.